The van der Waals surface area contributed by atoms with Crippen molar-refractivity contribution in [1.82, 2.24) is 0 Å². The van der Waals surface area contributed by atoms with Gasteiger partial charge in [0.05, 0.1) is 11.4 Å². The van der Waals surface area contributed by atoms with E-state index in [4.69, 9.17) is 17.7 Å². The van der Waals surface area contributed by atoms with Crippen LogP contribution in [-0.4, -0.2) is 0 Å². The van der Waals surface area contributed by atoms with Crippen LogP contribution in [0.1, 0.15) is 22.3 Å². The van der Waals surface area contributed by atoms with Gasteiger partial charge >= 0.3 is 0 Å². The van der Waals surface area contributed by atoms with E-state index in [2.05, 4.69) is 218 Å². The summed E-state index contributed by atoms with van der Waals surface area (Å²) in [4.78, 5) is 4.08. The minimum absolute atomic E-state index is 0.678. The molecule has 0 N–H and O–H groups in total. The van der Waals surface area contributed by atoms with Gasteiger partial charge in [-0.3, -0.25) is 9.80 Å². The Bertz CT molecular complexity index is 4240. The van der Waals surface area contributed by atoms with Crippen LogP contribution in [0.3, 0.4) is 0 Å². The molecule has 0 aliphatic carbocycles. The third kappa shape index (κ3) is 8.58. The van der Waals surface area contributed by atoms with Crippen molar-refractivity contribution in [3.63, 3.8) is 0 Å². The number of rotatable bonds is 12. The summed E-state index contributed by atoms with van der Waals surface area (Å²) in [6.07, 6.45) is 8.78. The van der Waals surface area contributed by atoms with Gasteiger partial charge in [0.1, 0.15) is 22.3 Å². The number of fused-ring (bicyclic) bond motifs is 7. The summed E-state index contributed by atoms with van der Waals surface area (Å²) in [5.74, 6) is 2.71. The molecule has 0 radical (unpaired) electrons. The molecule has 0 unspecified atom stereocenters. The highest BCUT2D eigenvalue weighted by Crippen LogP contribution is 2.47. The van der Waals surface area contributed by atoms with Crippen molar-refractivity contribution in [3.8, 4) is 22.3 Å². The van der Waals surface area contributed by atoms with Crippen LogP contribution >= 0.6 is 0 Å². The van der Waals surface area contributed by atoms with Gasteiger partial charge in [0.2, 0.25) is 23.5 Å². The summed E-state index contributed by atoms with van der Waals surface area (Å²) in [6.45, 7) is 0. The molecule has 0 bridgehead atoms. The first-order valence-electron chi connectivity index (χ1n) is 26.9. The number of hydrogen-bond donors (Lipinski definition) is 0. The number of hydrogen-bond acceptors (Lipinski definition) is 6. The number of furan rings is 4. The summed E-state index contributed by atoms with van der Waals surface area (Å²) < 4.78 is 25.8. The van der Waals surface area contributed by atoms with Crippen molar-refractivity contribution >= 4 is 125 Å². The van der Waals surface area contributed by atoms with Gasteiger partial charge in [0, 0.05) is 45.8 Å². The van der Waals surface area contributed by atoms with Crippen molar-refractivity contribution in [2.75, 3.05) is 9.80 Å². The second kappa shape index (κ2) is 19.6. The van der Waals surface area contributed by atoms with Gasteiger partial charge < -0.3 is 17.7 Å². The number of anilines is 6. The second-order valence-electron chi connectivity index (χ2n) is 20.1. The van der Waals surface area contributed by atoms with E-state index in [9.17, 15) is 0 Å². The van der Waals surface area contributed by atoms with Crippen LogP contribution in [0.4, 0.5) is 34.9 Å². The molecule has 0 aliphatic heterocycles. The van der Waals surface area contributed by atoms with Gasteiger partial charge in [-0.1, -0.05) is 206 Å². The van der Waals surface area contributed by atoms with Crippen molar-refractivity contribution in [2.45, 2.75) is 0 Å². The van der Waals surface area contributed by atoms with Crippen LogP contribution in [0.15, 0.2) is 285 Å². The second-order valence-corrected chi connectivity index (χ2v) is 20.1. The van der Waals surface area contributed by atoms with Gasteiger partial charge in [-0.15, -0.1) is 0 Å². The molecule has 0 aliphatic rings. The molecular formula is C74H48N2O4. The average molecular weight is 1030 g/mol. The van der Waals surface area contributed by atoms with Crippen molar-refractivity contribution in [2.24, 2.45) is 0 Å². The molecule has 0 atom stereocenters. The summed E-state index contributed by atoms with van der Waals surface area (Å²) in [5, 5.41) is 8.84. The number of benzene rings is 11. The molecule has 4 aromatic heterocycles. The lowest BCUT2D eigenvalue weighted by Crippen LogP contribution is -2.07. The Balaban J connectivity index is 0.792. The molecule has 15 aromatic rings. The molecule has 80 heavy (non-hydrogen) atoms. The number of para-hydroxylation sites is 4. The Labute approximate surface area is 461 Å². The lowest BCUT2D eigenvalue weighted by molar-refractivity contribution is 0.582. The van der Waals surface area contributed by atoms with Gasteiger partial charge in [0.15, 0.2) is 0 Å². The van der Waals surface area contributed by atoms with Crippen LogP contribution < -0.4 is 9.80 Å². The molecule has 378 valence electrons. The highest BCUT2D eigenvalue weighted by atomic mass is 16.4. The Hall–Kier alpha value is -10.8. The smallest absolute Gasteiger partial charge is 0.208 e. The first kappa shape index (κ1) is 46.5. The minimum atomic E-state index is 0.678. The zero-order chi connectivity index (χ0) is 52.9. The van der Waals surface area contributed by atoms with Crippen molar-refractivity contribution in [3.05, 3.63) is 289 Å². The lowest BCUT2D eigenvalue weighted by Gasteiger charge is -2.19. The van der Waals surface area contributed by atoms with Crippen molar-refractivity contribution in [1.29, 1.82) is 0 Å². The fourth-order valence-corrected chi connectivity index (χ4v) is 11.2. The van der Waals surface area contributed by atoms with E-state index in [1.54, 1.807) is 0 Å². The predicted molar refractivity (Wildman–Crippen MR) is 332 cm³/mol. The average Bonchev–Trinajstić information content (AvgIpc) is 4.35. The topological polar surface area (TPSA) is 59.0 Å². The summed E-state index contributed by atoms with van der Waals surface area (Å²) >= 11 is 0. The fraction of sp³-hybridized carbons (Fsp3) is 0. The molecule has 6 heteroatoms. The van der Waals surface area contributed by atoms with Crippen LogP contribution in [0.2, 0.25) is 0 Å². The summed E-state index contributed by atoms with van der Waals surface area (Å²) in [7, 11) is 0. The van der Waals surface area contributed by atoms with Crippen LogP contribution in [0, 0.1) is 0 Å². The zero-order valence-corrected chi connectivity index (χ0v) is 43.2. The summed E-state index contributed by atoms with van der Waals surface area (Å²) in [6, 6.07) is 92.9. The van der Waals surface area contributed by atoms with E-state index in [1.165, 1.54) is 43.8 Å². The monoisotopic (exact) mass is 1030 g/mol. The van der Waals surface area contributed by atoms with Gasteiger partial charge in [-0.25, -0.2) is 0 Å². The lowest BCUT2D eigenvalue weighted by atomic mass is 9.84. The maximum atomic E-state index is 6.44. The largest absolute Gasteiger partial charge is 0.440 e. The van der Waals surface area contributed by atoms with E-state index in [-0.39, 0.29) is 0 Å². The van der Waals surface area contributed by atoms with Crippen LogP contribution in [0.5, 0.6) is 0 Å². The quantitative estimate of drug-likeness (QED) is 0.0898. The van der Waals surface area contributed by atoms with Gasteiger partial charge in [-0.2, -0.15) is 0 Å². The Kier molecular flexibility index (Phi) is 11.4. The molecular weight excluding hydrogens is 981 g/mol. The minimum Gasteiger partial charge on any atom is -0.440 e. The molecule has 0 saturated heterocycles. The maximum Gasteiger partial charge on any atom is 0.208 e. The van der Waals surface area contributed by atoms with Crippen LogP contribution in [-0.2, 0) is 0 Å². The SMILES string of the molecule is C(=C\c1ccc2c(-c3ccccc3)c(-c3ccccc3)c3ccc(/C=C/c4ccc(N(c5cc6ccccc6o5)c5cc6ccccc6o5)cc4)cc3c2c1)/c1ccc(N(c2cc3ccccc3o2)c2cc3ccccc3o2)cc1. The molecule has 0 amide bonds. The normalized spacial score (nSPS) is 11.9. The van der Waals surface area contributed by atoms with E-state index in [0.29, 0.717) is 23.5 Å². The Morgan fingerprint density at radius 3 is 0.850 bits per heavy atom. The molecule has 6 nitrogen and oxygen atoms in total. The Morgan fingerprint density at radius 1 is 0.237 bits per heavy atom. The molecule has 4 heterocycles. The predicted octanol–water partition coefficient (Wildman–Crippen LogP) is 21.6. The molecule has 11 aromatic carbocycles. The van der Waals surface area contributed by atoms with E-state index in [1.807, 2.05) is 82.6 Å². The zero-order valence-electron chi connectivity index (χ0n) is 43.2. The standard InChI is InChI=1S/C74H48N2O4/c1-3-15-53(16-4-1)73-61-41-35-51(29-27-49-31-37-59(38-32-49)75(69-45-55-19-7-11-23-65(55)77-69)70-46-56-20-8-12-24-66(56)78-70)43-63(61)64-44-52(36-42-62(64)74(73)54-17-5-2-6-18-54)30-28-50-33-39-60(40-34-50)76(71-47-57-21-9-13-25-67(57)79-71)72-48-58-22-10-14-26-68(58)80-72/h1-48H/b29-27+,30-28+. The molecule has 15 rings (SSSR count). The van der Waals surface area contributed by atoms with Crippen LogP contribution in [0.25, 0.3) is 112 Å². The highest BCUT2D eigenvalue weighted by molar-refractivity contribution is 6.22. The fourth-order valence-electron chi connectivity index (χ4n) is 11.2. The Morgan fingerprint density at radius 2 is 0.525 bits per heavy atom. The first-order valence-corrected chi connectivity index (χ1v) is 26.9. The van der Waals surface area contributed by atoms with Crippen molar-refractivity contribution < 1.29 is 17.7 Å². The third-order valence-electron chi connectivity index (χ3n) is 15.1. The molecule has 0 spiro atoms. The first-order chi connectivity index (χ1) is 39.6. The maximum absolute atomic E-state index is 6.44. The van der Waals surface area contributed by atoms with Gasteiger partial charge in [-0.05, 0) is 127 Å². The molecule has 0 fully saturated rings. The van der Waals surface area contributed by atoms with E-state index < -0.39 is 0 Å². The summed E-state index contributed by atoms with van der Waals surface area (Å²) in [5.41, 5.74) is 14.2. The van der Waals surface area contributed by atoms with E-state index in [0.717, 1.165) is 77.5 Å². The molecule has 0 saturated carbocycles. The highest BCUT2D eigenvalue weighted by Gasteiger charge is 2.23. The third-order valence-corrected chi connectivity index (χ3v) is 15.1. The number of nitrogens with zero attached hydrogens (tertiary/aromatic N) is 2. The van der Waals surface area contributed by atoms with Gasteiger partial charge in [0.25, 0.3) is 0 Å². The van der Waals surface area contributed by atoms with E-state index >= 15 is 0 Å².